The standard InChI is InChI=1S/C17H13ClN2O3/c18-14(8-12-4-2-1-3-5-12)10-19-20-17(21)13-6-7-15-16(9-13)23-11-22-15/h1-10H,11H2,(H,20,21)/b14-8+,19-10-. The number of carbonyl (C=O) groups is 1. The first kappa shape index (κ1) is 15.1. The minimum Gasteiger partial charge on any atom is -0.454 e. The lowest BCUT2D eigenvalue weighted by Gasteiger charge is -2.01. The van der Waals surface area contributed by atoms with E-state index >= 15 is 0 Å². The zero-order chi connectivity index (χ0) is 16.1. The lowest BCUT2D eigenvalue weighted by atomic mass is 10.2. The molecule has 0 unspecified atom stereocenters. The van der Waals surface area contributed by atoms with Gasteiger partial charge in [0, 0.05) is 5.56 Å². The number of fused-ring (bicyclic) bond motifs is 1. The Bertz CT molecular complexity index is 773. The molecule has 0 aliphatic carbocycles. The van der Waals surface area contributed by atoms with E-state index in [9.17, 15) is 4.79 Å². The van der Waals surface area contributed by atoms with E-state index in [4.69, 9.17) is 21.1 Å². The molecule has 0 atom stereocenters. The van der Waals surface area contributed by atoms with E-state index in [-0.39, 0.29) is 12.7 Å². The first-order valence-electron chi connectivity index (χ1n) is 6.88. The highest BCUT2D eigenvalue weighted by Gasteiger charge is 2.15. The second-order valence-electron chi connectivity index (χ2n) is 4.71. The van der Waals surface area contributed by atoms with E-state index < -0.39 is 0 Å². The monoisotopic (exact) mass is 328 g/mol. The number of benzene rings is 2. The lowest BCUT2D eigenvalue weighted by Crippen LogP contribution is -2.17. The van der Waals surface area contributed by atoms with Crippen LogP contribution < -0.4 is 14.9 Å². The maximum Gasteiger partial charge on any atom is 0.271 e. The highest BCUT2D eigenvalue weighted by atomic mass is 35.5. The summed E-state index contributed by atoms with van der Waals surface area (Å²) in [6, 6.07) is 14.5. The maximum absolute atomic E-state index is 12.0. The number of nitrogens with zero attached hydrogens (tertiary/aromatic N) is 1. The van der Waals surface area contributed by atoms with Gasteiger partial charge >= 0.3 is 0 Å². The van der Waals surface area contributed by atoms with Crippen molar-refractivity contribution in [2.24, 2.45) is 5.10 Å². The largest absolute Gasteiger partial charge is 0.454 e. The average Bonchev–Trinajstić information content (AvgIpc) is 3.03. The molecule has 23 heavy (non-hydrogen) atoms. The molecule has 2 aromatic carbocycles. The molecule has 6 heteroatoms. The molecular weight excluding hydrogens is 316 g/mol. The minimum absolute atomic E-state index is 0.165. The Kier molecular flexibility index (Phi) is 4.59. The lowest BCUT2D eigenvalue weighted by molar-refractivity contribution is 0.0954. The van der Waals surface area contributed by atoms with E-state index in [1.54, 1.807) is 24.3 Å². The van der Waals surface area contributed by atoms with Gasteiger partial charge < -0.3 is 9.47 Å². The molecule has 2 aromatic rings. The Morgan fingerprint density at radius 3 is 2.74 bits per heavy atom. The van der Waals surface area contributed by atoms with Crippen molar-refractivity contribution in [2.75, 3.05) is 6.79 Å². The van der Waals surface area contributed by atoms with Crippen LogP contribution in [0.15, 0.2) is 58.7 Å². The van der Waals surface area contributed by atoms with Crippen LogP contribution in [0.3, 0.4) is 0 Å². The normalized spacial score (nSPS) is 13.3. The highest BCUT2D eigenvalue weighted by molar-refractivity contribution is 6.41. The van der Waals surface area contributed by atoms with Crippen LogP contribution in [-0.2, 0) is 0 Å². The molecular formula is C17H13ClN2O3. The Morgan fingerprint density at radius 2 is 1.91 bits per heavy atom. The SMILES string of the molecule is O=C(N/N=C\C(Cl)=C/c1ccccc1)c1ccc2c(c1)OCO2. The van der Waals surface area contributed by atoms with Gasteiger partial charge in [0.15, 0.2) is 11.5 Å². The molecule has 1 aliphatic rings. The summed E-state index contributed by atoms with van der Waals surface area (Å²) in [6.45, 7) is 0.165. The summed E-state index contributed by atoms with van der Waals surface area (Å²) < 4.78 is 10.4. The van der Waals surface area contributed by atoms with Gasteiger partial charge in [0.25, 0.3) is 5.91 Å². The summed E-state index contributed by atoms with van der Waals surface area (Å²) in [5, 5.41) is 4.25. The Labute approximate surface area is 138 Å². The number of halogens is 1. The van der Waals surface area contributed by atoms with Crippen molar-refractivity contribution < 1.29 is 14.3 Å². The van der Waals surface area contributed by atoms with E-state index in [0.29, 0.717) is 22.1 Å². The van der Waals surface area contributed by atoms with Gasteiger partial charge in [-0.25, -0.2) is 5.43 Å². The van der Waals surface area contributed by atoms with Gasteiger partial charge in [-0.2, -0.15) is 5.10 Å². The predicted molar refractivity (Wildman–Crippen MR) is 88.8 cm³/mol. The van der Waals surface area contributed by atoms with Crippen molar-refractivity contribution in [2.45, 2.75) is 0 Å². The molecule has 0 saturated heterocycles. The van der Waals surface area contributed by atoms with Crippen molar-refractivity contribution in [3.63, 3.8) is 0 Å². The molecule has 1 N–H and O–H groups in total. The molecule has 1 amide bonds. The third kappa shape index (κ3) is 3.90. The van der Waals surface area contributed by atoms with Gasteiger partial charge in [-0.15, -0.1) is 0 Å². The van der Waals surface area contributed by atoms with Crippen LogP contribution in [0.25, 0.3) is 6.08 Å². The summed E-state index contributed by atoms with van der Waals surface area (Å²) in [5.74, 6) is 0.811. The van der Waals surface area contributed by atoms with Gasteiger partial charge in [0.05, 0.1) is 11.2 Å². The number of hydrogen-bond donors (Lipinski definition) is 1. The second kappa shape index (κ2) is 6.98. The van der Waals surface area contributed by atoms with Crippen molar-refractivity contribution in [3.05, 3.63) is 64.7 Å². The van der Waals surface area contributed by atoms with Crippen molar-refractivity contribution in [1.82, 2.24) is 5.43 Å². The molecule has 3 rings (SSSR count). The molecule has 0 spiro atoms. The van der Waals surface area contributed by atoms with Crippen LogP contribution >= 0.6 is 11.6 Å². The summed E-state index contributed by atoms with van der Waals surface area (Å²) in [6.07, 6.45) is 3.12. The van der Waals surface area contributed by atoms with Crippen LogP contribution in [0.4, 0.5) is 0 Å². The summed E-state index contributed by atoms with van der Waals surface area (Å²) in [7, 11) is 0. The number of hydrogen-bond acceptors (Lipinski definition) is 4. The Hall–Kier alpha value is -2.79. The molecule has 0 saturated carbocycles. The van der Waals surface area contributed by atoms with Gasteiger partial charge in [0.2, 0.25) is 6.79 Å². The van der Waals surface area contributed by atoms with E-state index in [0.717, 1.165) is 5.56 Å². The van der Waals surface area contributed by atoms with Gasteiger partial charge in [-0.3, -0.25) is 4.79 Å². The number of amides is 1. The van der Waals surface area contributed by atoms with E-state index in [2.05, 4.69) is 10.5 Å². The first-order chi connectivity index (χ1) is 11.2. The Balaban J connectivity index is 1.61. The number of ether oxygens (including phenoxy) is 2. The van der Waals surface area contributed by atoms with E-state index in [1.165, 1.54) is 6.21 Å². The second-order valence-corrected chi connectivity index (χ2v) is 5.14. The molecule has 5 nitrogen and oxygen atoms in total. The third-order valence-corrected chi connectivity index (χ3v) is 3.30. The van der Waals surface area contributed by atoms with Crippen LogP contribution in [-0.4, -0.2) is 18.9 Å². The number of hydrazone groups is 1. The van der Waals surface area contributed by atoms with Crippen LogP contribution in [0.1, 0.15) is 15.9 Å². The first-order valence-corrected chi connectivity index (χ1v) is 7.25. The quantitative estimate of drug-likeness (QED) is 0.691. The van der Waals surface area contributed by atoms with Crippen molar-refractivity contribution in [3.8, 4) is 11.5 Å². The Morgan fingerprint density at radius 1 is 1.13 bits per heavy atom. The maximum atomic E-state index is 12.0. The van der Waals surface area contributed by atoms with Crippen LogP contribution in [0.2, 0.25) is 0 Å². The summed E-state index contributed by atoms with van der Waals surface area (Å²) in [4.78, 5) is 12.0. The van der Waals surface area contributed by atoms with Gasteiger partial charge in [-0.1, -0.05) is 41.9 Å². The van der Waals surface area contributed by atoms with Gasteiger partial charge in [-0.05, 0) is 29.8 Å². The van der Waals surface area contributed by atoms with Crippen molar-refractivity contribution in [1.29, 1.82) is 0 Å². The predicted octanol–water partition coefficient (Wildman–Crippen LogP) is 3.41. The number of rotatable bonds is 4. The fourth-order valence-electron chi connectivity index (χ4n) is 2.00. The highest BCUT2D eigenvalue weighted by Crippen LogP contribution is 2.32. The molecule has 1 heterocycles. The smallest absolute Gasteiger partial charge is 0.271 e. The van der Waals surface area contributed by atoms with E-state index in [1.807, 2.05) is 30.3 Å². The molecule has 116 valence electrons. The fourth-order valence-corrected chi connectivity index (χ4v) is 2.18. The average molecular weight is 329 g/mol. The molecule has 0 aromatic heterocycles. The third-order valence-electron chi connectivity index (χ3n) is 3.09. The minimum atomic E-state index is -0.358. The molecule has 0 bridgehead atoms. The summed E-state index contributed by atoms with van der Waals surface area (Å²) in [5.41, 5.74) is 3.79. The summed E-state index contributed by atoms with van der Waals surface area (Å²) >= 11 is 6.05. The number of allylic oxidation sites excluding steroid dienone is 1. The zero-order valence-electron chi connectivity index (χ0n) is 12.0. The van der Waals surface area contributed by atoms with Crippen LogP contribution in [0.5, 0.6) is 11.5 Å². The molecule has 0 radical (unpaired) electrons. The zero-order valence-corrected chi connectivity index (χ0v) is 12.8. The number of carbonyl (C=O) groups excluding carboxylic acids is 1. The van der Waals surface area contributed by atoms with Gasteiger partial charge in [0.1, 0.15) is 0 Å². The fraction of sp³-hybridized carbons (Fsp3) is 0.0588. The van der Waals surface area contributed by atoms with Crippen molar-refractivity contribution >= 4 is 29.8 Å². The van der Waals surface area contributed by atoms with Crippen LogP contribution in [0, 0.1) is 0 Å². The number of nitrogens with one attached hydrogen (secondary N) is 1. The topological polar surface area (TPSA) is 59.9 Å². The molecule has 1 aliphatic heterocycles. The molecule has 0 fully saturated rings.